The zero-order chi connectivity index (χ0) is 16.8. The standard InChI is InChI=1S/C17H30NO3P/c1-17(2,3)21-16(19)18-11-12-20-15-9-7-14(8-10-15)13-22(4,5)6/h7-10,22H,11-13H2,1-6H3,(H,18,19). The number of carbonyl (C=O) groups excluding carboxylic acids is 1. The fourth-order valence-electron chi connectivity index (χ4n) is 1.95. The van der Waals surface area contributed by atoms with Crippen LogP contribution >= 0.6 is 7.26 Å². The summed E-state index contributed by atoms with van der Waals surface area (Å²) in [5.41, 5.74) is 0.885. The molecule has 0 radical (unpaired) electrons. The van der Waals surface area contributed by atoms with Crippen LogP contribution in [0.25, 0.3) is 0 Å². The SMILES string of the molecule is CC(C)(C)OC(=O)NCCOc1ccc(C[PH](C)(C)C)cc1. The number of nitrogens with one attached hydrogen (secondary N) is 1. The molecule has 1 rings (SSSR count). The molecule has 0 spiro atoms. The van der Waals surface area contributed by atoms with E-state index in [0.29, 0.717) is 13.2 Å². The second kappa shape index (κ2) is 7.82. The molecule has 1 aromatic rings. The van der Waals surface area contributed by atoms with Gasteiger partial charge in [-0.25, -0.2) is 0 Å². The number of amides is 1. The van der Waals surface area contributed by atoms with Crippen LogP contribution in [-0.2, 0) is 10.9 Å². The van der Waals surface area contributed by atoms with E-state index in [1.807, 2.05) is 32.9 Å². The Morgan fingerprint density at radius 2 is 1.73 bits per heavy atom. The molecule has 5 heteroatoms. The van der Waals surface area contributed by atoms with E-state index < -0.39 is 19.0 Å². The zero-order valence-electron chi connectivity index (χ0n) is 14.7. The first kappa shape index (κ1) is 18.8. The molecule has 0 bridgehead atoms. The van der Waals surface area contributed by atoms with Gasteiger partial charge in [-0.3, -0.25) is 0 Å². The third-order valence-electron chi connectivity index (χ3n) is 2.70. The van der Waals surface area contributed by atoms with Gasteiger partial charge in [0.1, 0.15) is 0 Å². The Labute approximate surface area is 134 Å². The summed E-state index contributed by atoms with van der Waals surface area (Å²) < 4.78 is 10.8. The molecule has 0 aliphatic heterocycles. The molecule has 0 saturated carbocycles. The van der Waals surface area contributed by atoms with E-state index in [4.69, 9.17) is 9.47 Å². The molecule has 22 heavy (non-hydrogen) atoms. The van der Waals surface area contributed by atoms with E-state index in [9.17, 15) is 4.79 Å². The van der Waals surface area contributed by atoms with Crippen LogP contribution in [0.3, 0.4) is 0 Å². The van der Waals surface area contributed by atoms with Crippen LogP contribution in [0.4, 0.5) is 4.79 Å². The van der Waals surface area contributed by atoms with Crippen LogP contribution in [0.1, 0.15) is 26.3 Å². The van der Waals surface area contributed by atoms with Gasteiger partial charge in [-0.05, 0) is 20.8 Å². The minimum absolute atomic E-state index is 0.415. The molecule has 0 unspecified atom stereocenters. The molecule has 0 atom stereocenters. The van der Waals surface area contributed by atoms with E-state index in [0.717, 1.165) is 5.75 Å². The van der Waals surface area contributed by atoms with Crippen molar-refractivity contribution in [2.45, 2.75) is 32.5 Å². The predicted molar refractivity (Wildman–Crippen MR) is 96.0 cm³/mol. The summed E-state index contributed by atoms with van der Waals surface area (Å²) in [5, 5.41) is 2.67. The van der Waals surface area contributed by atoms with Crippen molar-refractivity contribution >= 4 is 13.4 Å². The van der Waals surface area contributed by atoms with Gasteiger partial charge in [0.25, 0.3) is 0 Å². The van der Waals surface area contributed by atoms with E-state index in [-0.39, 0.29) is 0 Å². The second-order valence-corrected chi connectivity index (χ2v) is 13.1. The van der Waals surface area contributed by atoms with Gasteiger partial charge < -0.3 is 0 Å². The molecule has 1 N–H and O–H groups in total. The first-order chi connectivity index (χ1) is 10.1. The summed E-state index contributed by atoms with van der Waals surface area (Å²) in [5.74, 6) is 0.824. The third kappa shape index (κ3) is 8.89. The Morgan fingerprint density at radius 3 is 2.23 bits per heavy atom. The van der Waals surface area contributed by atoms with Crippen molar-refractivity contribution in [3.8, 4) is 5.75 Å². The van der Waals surface area contributed by atoms with Crippen molar-refractivity contribution in [1.82, 2.24) is 5.32 Å². The molecular formula is C17H30NO3P. The molecule has 1 aromatic carbocycles. The zero-order valence-corrected chi connectivity index (χ0v) is 15.7. The monoisotopic (exact) mass is 327 g/mol. The van der Waals surface area contributed by atoms with E-state index in [2.05, 4.69) is 37.4 Å². The first-order valence-corrected chi connectivity index (χ1v) is 11.4. The molecule has 0 aliphatic rings. The summed E-state index contributed by atoms with van der Waals surface area (Å²) in [6.45, 7) is 13.4. The number of benzene rings is 1. The van der Waals surface area contributed by atoms with Gasteiger partial charge in [-0.1, -0.05) is 0 Å². The van der Waals surface area contributed by atoms with Crippen molar-refractivity contribution in [3.05, 3.63) is 29.8 Å². The van der Waals surface area contributed by atoms with E-state index >= 15 is 0 Å². The van der Waals surface area contributed by atoms with Crippen LogP contribution < -0.4 is 10.1 Å². The number of hydrogen-bond donors (Lipinski definition) is 1. The fraction of sp³-hybridized carbons (Fsp3) is 0.588. The number of rotatable bonds is 6. The summed E-state index contributed by atoms with van der Waals surface area (Å²) >= 11 is 0. The minimum atomic E-state index is -1.08. The number of alkyl carbamates (subject to hydrolysis) is 1. The number of carbonyl (C=O) groups is 1. The Balaban J connectivity index is 2.30. The van der Waals surface area contributed by atoms with Crippen LogP contribution in [0.15, 0.2) is 24.3 Å². The topological polar surface area (TPSA) is 47.6 Å². The first-order valence-electron chi connectivity index (χ1n) is 7.74. The van der Waals surface area contributed by atoms with E-state index in [1.54, 1.807) is 0 Å². The molecule has 126 valence electrons. The van der Waals surface area contributed by atoms with Crippen molar-refractivity contribution in [2.75, 3.05) is 33.1 Å². The van der Waals surface area contributed by atoms with Gasteiger partial charge in [-0.15, -0.1) is 0 Å². The average Bonchev–Trinajstić information content (AvgIpc) is 2.32. The van der Waals surface area contributed by atoms with Crippen LogP contribution in [0, 0.1) is 0 Å². The average molecular weight is 327 g/mol. The maximum atomic E-state index is 11.5. The molecule has 0 aliphatic carbocycles. The normalized spacial score (nSPS) is 12.6. The van der Waals surface area contributed by atoms with Gasteiger partial charge in [0.2, 0.25) is 0 Å². The van der Waals surface area contributed by atoms with Gasteiger partial charge in [-0.2, -0.15) is 0 Å². The van der Waals surface area contributed by atoms with Crippen LogP contribution in [-0.4, -0.2) is 44.8 Å². The summed E-state index contributed by atoms with van der Waals surface area (Å²) in [4.78, 5) is 11.5. The second-order valence-electron chi connectivity index (χ2n) is 7.66. The summed E-state index contributed by atoms with van der Waals surface area (Å²) in [6.07, 6.45) is 0.759. The van der Waals surface area contributed by atoms with E-state index in [1.165, 1.54) is 11.7 Å². The van der Waals surface area contributed by atoms with Gasteiger partial charge in [0.15, 0.2) is 0 Å². The fourth-order valence-corrected chi connectivity index (χ4v) is 3.41. The Bertz CT molecular complexity index is 472. The van der Waals surface area contributed by atoms with Crippen LogP contribution in [0.5, 0.6) is 5.75 Å². The molecule has 1 amide bonds. The molecule has 4 nitrogen and oxygen atoms in total. The molecular weight excluding hydrogens is 297 g/mol. The number of ether oxygens (including phenoxy) is 2. The molecule has 0 fully saturated rings. The van der Waals surface area contributed by atoms with Crippen molar-refractivity contribution in [2.24, 2.45) is 0 Å². The van der Waals surface area contributed by atoms with Crippen molar-refractivity contribution in [3.63, 3.8) is 0 Å². The van der Waals surface area contributed by atoms with Crippen molar-refractivity contribution < 1.29 is 14.3 Å². The summed E-state index contributed by atoms with van der Waals surface area (Å²) in [7, 11) is -1.08. The predicted octanol–water partition coefficient (Wildman–Crippen LogP) is 3.73. The third-order valence-corrected chi connectivity index (χ3v) is 4.17. The number of hydrogen-bond acceptors (Lipinski definition) is 3. The van der Waals surface area contributed by atoms with Gasteiger partial charge >= 0.3 is 113 Å². The van der Waals surface area contributed by atoms with Gasteiger partial charge in [0, 0.05) is 0 Å². The van der Waals surface area contributed by atoms with Crippen molar-refractivity contribution in [1.29, 1.82) is 0 Å². The molecule has 0 aromatic heterocycles. The Hall–Kier alpha value is -1.28. The summed E-state index contributed by atoms with van der Waals surface area (Å²) in [6, 6.07) is 8.22. The molecule has 0 saturated heterocycles. The molecule has 0 heterocycles. The van der Waals surface area contributed by atoms with Crippen LogP contribution in [0.2, 0.25) is 0 Å². The maximum absolute atomic E-state index is 11.5. The Kier molecular flexibility index (Phi) is 6.67. The quantitative estimate of drug-likeness (QED) is 0.640. The van der Waals surface area contributed by atoms with Gasteiger partial charge in [0.05, 0.1) is 0 Å². The Morgan fingerprint density at radius 1 is 1.14 bits per heavy atom.